The first-order valence-electron chi connectivity index (χ1n) is 9.12. The second-order valence-corrected chi connectivity index (χ2v) is 7.87. The summed E-state index contributed by atoms with van der Waals surface area (Å²) in [6.45, 7) is 8.71. The Morgan fingerprint density at radius 1 is 1.31 bits per heavy atom. The highest BCUT2D eigenvalue weighted by molar-refractivity contribution is 6.01. The number of carbonyl (C=O) groups is 1. The Labute approximate surface area is 153 Å². The average molecular weight is 352 g/mol. The molecule has 1 aromatic carbocycles. The molecule has 0 unspecified atom stereocenters. The molecular formula is C21H24N2O3. The molecule has 5 heteroatoms. The topological polar surface area (TPSA) is 64.4 Å². The van der Waals surface area contributed by atoms with Crippen molar-refractivity contribution in [2.45, 2.75) is 46.5 Å². The first kappa shape index (κ1) is 16.9. The van der Waals surface area contributed by atoms with E-state index < -0.39 is 0 Å². The molecule has 0 radical (unpaired) electrons. The van der Waals surface area contributed by atoms with Crippen LogP contribution in [0.25, 0.3) is 0 Å². The van der Waals surface area contributed by atoms with Gasteiger partial charge in [0.05, 0.1) is 23.8 Å². The van der Waals surface area contributed by atoms with Gasteiger partial charge in [-0.1, -0.05) is 37.2 Å². The summed E-state index contributed by atoms with van der Waals surface area (Å²) >= 11 is 0. The van der Waals surface area contributed by atoms with Crippen LogP contribution in [-0.4, -0.2) is 17.5 Å². The maximum atomic E-state index is 13.2. The minimum Gasteiger partial charge on any atom is -0.494 e. The molecule has 1 aliphatic carbocycles. The highest BCUT2D eigenvalue weighted by atomic mass is 16.5. The van der Waals surface area contributed by atoms with Crippen molar-refractivity contribution in [2.24, 2.45) is 5.41 Å². The molecule has 2 aliphatic rings. The van der Waals surface area contributed by atoms with Gasteiger partial charge < -0.3 is 14.6 Å². The summed E-state index contributed by atoms with van der Waals surface area (Å²) < 4.78 is 11.4. The summed E-state index contributed by atoms with van der Waals surface area (Å²) in [5, 5.41) is 7.50. The van der Waals surface area contributed by atoms with Gasteiger partial charge in [-0.25, -0.2) is 0 Å². The van der Waals surface area contributed by atoms with Crippen LogP contribution in [0.3, 0.4) is 0 Å². The lowest BCUT2D eigenvalue weighted by molar-refractivity contribution is -0.118. The van der Waals surface area contributed by atoms with Crippen LogP contribution in [-0.2, 0) is 4.79 Å². The van der Waals surface area contributed by atoms with E-state index in [9.17, 15) is 4.79 Å². The number of nitrogens with zero attached hydrogens (tertiary/aromatic N) is 1. The van der Waals surface area contributed by atoms with Crippen LogP contribution in [0.15, 0.2) is 40.1 Å². The number of aromatic nitrogens is 1. The maximum Gasteiger partial charge on any atom is 0.233 e. The van der Waals surface area contributed by atoms with E-state index in [1.54, 1.807) is 0 Å². The summed E-state index contributed by atoms with van der Waals surface area (Å²) in [6, 6.07) is 7.94. The SMILES string of the molecule is CCOc1ccccc1[C@H]1C2=C(CC(C)(C)CC2=O)Nc2onc(C)c21. The van der Waals surface area contributed by atoms with Gasteiger partial charge in [-0.3, -0.25) is 4.79 Å². The van der Waals surface area contributed by atoms with Crippen molar-refractivity contribution in [3.8, 4) is 5.75 Å². The molecule has 1 N–H and O–H groups in total. The van der Waals surface area contributed by atoms with Crippen LogP contribution >= 0.6 is 0 Å². The molecule has 0 saturated heterocycles. The molecule has 1 aromatic heterocycles. The number of nitrogens with one attached hydrogen (secondary N) is 1. The van der Waals surface area contributed by atoms with Crippen molar-refractivity contribution < 1.29 is 14.1 Å². The van der Waals surface area contributed by atoms with Gasteiger partial charge in [-0.2, -0.15) is 0 Å². The first-order chi connectivity index (χ1) is 12.4. The Kier molecular flexibility index (Phi) is 3.90. The number of para-hydroxylation sites is 1. The maximum absolute atomic E-state index is 13.2. The molecule has 0 amide bonds. The molecule has 2 aromatic rings. The Morgan fingerprint density at radius 2 is 2.08 bits per heavy atom. The predicted octanol–water partition coefficient (Wildman–Crippen LogP) is 4.58. The zero-order chi connectivity index (χ0) is 18.5. The van der Waals surface area contributed by atoms with E-state index in [-0.39, 0.29) is 17.1 Å². The molecule has 4 rings (SSSR count). The van der Waals surface area contributed by atoms with Crippen molar-refractivity contribution in [1.82, 2.24) is 5.16 Å². The number of rotatable bonds is 3. The van der Waals surface area contributed by atoms with Gasteiger partial charge in [0.25, 0.3) is 0 Å². The van der Waals surface area contributed by atoms with E-state index in [2.05, 4.69) is 24.3 Å². The lowest BCUT2D eigenvalue weighted by atomic mass is 9.69. The average Bonchev–Trinajstić information content (AvgIpc) is 2.94. The molecule has 5 nitrogen and oxygen atoms in total. The highest BCUT2D eigenvalue weighted by Gasteiger charge is 2.43. The number of aryl methyl sites for hydroxylation is 1. The lowest BCUT2D eigenvalue weighted by Crippen LogP contribution is -2.33. The Hall–Kier alpha value is -2.56. The van der Waals surface area contributed by atoms with Crippen molar-refractivity contribution in [1.29, 1.82) is 0 Å². The van der Waals surface area contributed by atoms with Crippen molar-refractivity contribution >= 4 is 11.7 Å². The smallest absolute Gasteiger partial charge is 0.233 e. The zero-order valence-electron chi connectivity index (χ0n) is 15.7. The predicted molar refractivity (Wildman–Crippen MR) is 99.4 cm³/mol. The summed E-state index contributed by atoms with van der Waals surface area (Å²) in [5.41, 5.74) is 4.43. The van der Waals surface area contributed by atoms with Crippen molar-refractivity contribution in [3.05, 3.63) is 52.4 Å². The lowest BCUT2D eigenvalue weighted by Gasteiger charge is -2.38. The summed E-state index contributed by atoms with van der Waals surface area (Å²) in [5.74, 6) is 1.42. The minimum absolute atomic E-state index is 0.0700. The highest BCUT2D eigenvalue weighted by Crippen LogP contribution is 2.51. The largest absolute Gasteiger partial charge is 0.494 e. The van der Waals surface area contributed by atoms with Crippen LogP contribution in [0.1, 0.15) is 56.4 Å². The molecule has 0 bridgehead atoms. The monoisotopic (exact) mass is 352 g/mol. The Morgan fingerprint density at radius 3 is 2.85 bits per heavy atom. The number of carbonyl (C=O) groups excluding carboxylic acids is 1. The van der Waals surface area contributed by atoms with Crippen LogP contribution in [0.2, 0.25) is 0 Å². The zero-order valence-corrected chi connectivity index (χ0v) is 15.7. The van der Waals surface area contributed by atoms with E-state index in [1.807, 2.05) is 38.1 Å². The van der Waals surface area contributed by atoms with Gasteiger partial charge in [-0.05, 0) is 31.7 Å². The molecule has 26 heavy (non-hydrogen) atoms. The van der Waals surface area contributed by atoms with E-state index in [4.69, 9.17) is 9.26 Å². The molecule has 2 heterocycles. The summed E-state index contributed by atoms with van der Waals surface area (Å²) in [4.78, 5) is 13.2. The Balaban J connectivity index is 1.94. The van der Waals surface area contributed by atoms with Gasteiger partial charge in [-0.15, -0.1) is 0 Å². The van der Waals surface area contributed by atoms with Crippen LogP contribution in [0.5, 0.6) is 5.75 Å². The number of anilines is 1. The van der Waals surface area contributed by atoms with Gasteiger partial charge in [0.2, 0.25) is 5.88 Å². The van der Waals surface area contributed by atoms with Gasteiger partial charge in [0.1, 0.15) is 5.75 Å². The van der Waals surface area contributed by atoms with Crippen LogP contribution < -0.4 is 10.1 Å². The second kappa shape index (κ2) is 6.01. The standard InChI is InChI=1S/C21H24N2O3/c1-5-25-16-9-7-6-8-13(16)18-17-12(2)23-26-20(17)22-14-10-21(3,4)11-15(24)19(14)18/h6-9,18,22H,5,10-11H2,1-4H3/t18-/m1/s1. The third kappa shape index (κ3) is 2.62. The van der Waals surface area contributed by atoms with Gasteiger partial charge in [0, 0.05) is 23.3 Å². The number of ether oxygens (including phenoxy) is 1. The molecule has 0 fully saturated rings. The number of ketones is 1. The molecular weight excluding hydrogens is 328 g/mol. The number of hydrogen-bond donors (Lipinski definition) is 1. The van der Waals surface area contributed by atoms with E-state index in [1.165, 1.54) is 0 Å². The quantitative estimate of drug-likeness (QED) is 0.876. The molecule has 1 aliphatic heterocycles. The van der Waals surface area contributed by atoms with E-state index >= 15 is 0 Å². The fourth-order valence-electron chi connectivity index (χ4n) is 4.19. The normalized spacial score (nSPS) is 21.1. The summed E-state index contributed by atoms with van der Waals surface area (Å²) in [6.07, 6.45) is 1.35. The third-order valence-corrected chi connectivity index (χ3v) is 5.20. The molecule has 136 valence electrons. The third-order valence-electron chi connectivity index (χ3n) is 5.20. The molecule has 0 saturated carbocycles. The number of allylic oxidation sites excluding steroid dienone is 2. The van der Waals surface area contributed by atoms with Crippen LogP contribution in [0.4, 0.5) is 5.88 Å². The number of benzene rings is 1. The van der Waals surface area contributed by atoms with Crippen LogP contribution in [0, 0.1) is 12.3 Å². The molecule has 1 atom stereocenters. The fourth-order valence-corrected chi connectivity index (χ4v) is 4.19. The van der Waals surface area contributed by atoms with E-state index in [0.29, 0.717) is 18.9 Å². The number of hydrogen-bond acceptors (Lipinski definition) is 5. The van der Waals surface area contributed by atoms with E-state index in [0.717, 1.165) is 40.3 Å². The van der Waals surface area contributed by atoms with Gasteiger partial charge >= 0.3 is 0 Å². The van der Waals surface area contributed by atoms with Crippen molar-refractivity contribution in [2.75, 3.05) is 11.9 Å². The minimum atomic E-state index is -0.209. The van der Waals surface area contributed by atoms with Crippen molar-refractivity contribution in [3.63, 3.8) is 0 Å². The number of Topliss-reactive ketones (excluding diaryl/α,β-unsaturated/α-hetero) is 1. The Bertz CT molecular complexity index is 908. The van der Waals surface area contributed by atoms with Gasteiger partial charge in [0.15, 0.2) is 5.78 Å². The second-order valence-electron chi connectivity index (χ2n) is 7.87. The first-order valence-corrected chi connectivity index (χ1v) is 9.12. The number of fused-ring (bicyclic) bond motifs is 1. The fraction of sp³-hybridized carbons (Fsp3) is 0.429. The summed E-state index contributed by atoms with van der Waals surface area (Å²) in [7, 11) is 0. The molecule has 0 spiro atoms.